The molecule has 0 aliphatic heterocycles. The first-order valence-electron chi connectivity index (χ1n) is 11.1. The number of aliphatic hydroxyl groups is 1. The van der Waals surface area contributed by atoms with Gasteiger partial charge in [-0.15, -0.1) is 0 Å². The van der Waals surface area contributed by atoms with Gasteiger partial charge in [0.15, 0.2) is 0 Å². The molecule has 6 N–H and O–H groups in total. The van der Waals surface area contributed by atoms with E-state index in [2.05, 4.69) is 64.8 Å². The zero-order chi connectivity index (χ0) is 23.4. The highest BCUT2D eigenvalue weighted by Crippen LogP contribution is 2.34. The fourth-order valence-electron chi connectivity index (χ4n) is 4.06. The number of aromatic nitrogens is 2. The zero-order valence-corrected chi connectivity index (χ0v) is 18.9. The maximum absolute atomic E-state index is 12.3. The average molecular weight is 444 g/mol. The lowest BCUT2D eigenvalue weighted by atomic mass is 10.0. The molecule has 170 valence electrons. The van der Waals surface area contributed by atoms with Crippen LogP contribution in [0, 0.1) is 6.92 Å². The topological polar surface area (TPSA) is 116 Å². The summed E-state index contributed by atoms with van der Waals surface area (Å²) in [5, 5.41) is 16.6. The van der Waals surface area contributed by atoms with Gasteiger partial charge in [-0.3, -0.25) is 4.79 Å². The average Bonchev–Trinajstić information content (AvgIpc) is 3.25. The number of nitrogens with one attached hydrogen (secondary N) is 3. The van der Waals surface area contributed by atoms with Crippen LogP contribution in [0.5, 0.6) is 0 Å². The predicted molar refractivity (Wildman–Crippen MR) is 133 cm³/mol. The minimum Gasteiger partial charge on any atom is -0.395 e. The van der Waals surface area contributed by atoms with Gasteiger partial charge < -0.3 is 26.5 Å². The second-order valence-electron chi connectivity index (χ2n) is 8.04. The number of hydrogen-bond donors (Lipinski definition) is 5. The van der Waals surface area contributed by atoms with Crippen LogP contribution in [0.15, 0.2) is 54.7 Å². The summed E-state index contributed by atoms with van der Waals surface area (Å²) < 4.78 is 0. The van der Waals surface area contributed by atoms with Crippen LogP contribution in [0.2, 0.25) is 0 Å². The van der Waals surface area contributed by atoms with Crippen LogP contribution in [0.3, 0.4) is 0 Å². The van der Waals surface area contributed by atoms with Crippen LogP contribution < -0.4 is 16.4 Å². The van der Waals surface area contributed by atoms with Crippen LogP contribution in [-0.2, 0) is 13.0 Å². The fourth-order valence-corrected chi connectivity index (χ4v) is 4.06. The van der Waals surface area contributed by atoms with Crippen LogP contribution >= 0.6 is 0 Å². The molecule has 0 saturated heterocycles. The number of H-pyrrole nitrogens is 1. The predicted octanol–water partition coefficient (Wildman–Crippen LogP) is 4.03. The Labute approximate surface area is 193 Å². The number of nitrogens with two attached hydrogens (primary N) is 1. The third-order valence-electron chi connectivity index (χ3n) is 5.78. The number of amides is 1. The third kappa shape index (κ3) is 4.74. The third-order valence-corrected chi connectivity index (χ3v) is 5.78. The molecule has 0 bridgehead atoms. The Morgan fingerprint density at radius 3 is 2.67 bits per heavy atom. The van der Waals surface area contributed by atoms with Gasteiger partial charge in [0.05, 0.1) is 17.9 Å². The number of carbonyl (C=O) groups excluding carboxylic acids is 1. The van der Waals surface area contributed by atoms with Crippen molar-refractivity contribution >= 4 is 28.3 Å². The highest BCUT2D eigenvalue weighted by Gasteiger charge is 2.18. The van der Waals surface area contributed by atoms with Gasteiger partial charge in [0, 0.05) is 36.1 Å². The molecule has 2 heterocycles. The second kappa shape index (κ2) is 9.85. The molecule has 0 spiro atoms. The summed E-state index contributed by atoms with van der Waals surface area (Å²) in [6, 6.07) is 16.3. The van der Waals surface area contributed by atoms with Gasteiger partial charge in [-0.1, -0.05) is 48.9 Å². The lowest BCUT2D eigenvalue weighted by molar-refractivity contribution is 0.100. The largest absolute Gasteiger partial charge is 0.395 e. The number of fused-ring (bicyclic) bond motifs is 1. The van der Waals surface area contributed by atoms with E-state index < -0.39 is 5.91 Å². The van der Waals surface area contributed by atoms with E-state index in [9.17, 15) is 4.79 Å². The number of anilines is 2. The van der Waals surface area contributed by atoms with E-state index in [1.807, 2.05) is 18.2 Å². The highest BCUT2D eigenvalue weighted by molar-refractivity contribution is 6.08. The van der Waals surface area contributed by atoms with Crippen molar-refractivity contribution in [1.82, 2.24) is 15.3 Å². The Balaban J connectivity index is 1.79. The van der Waals surface area contributed by atoms with Crippen molar-refractivity contribution in [2.75, 3.05) is 18.5 Å². The summed E-state index contributed by atoms with van der Waals surface area (Å²) >= 11 is 0. The van der Waals surface area contributed by atoms with E-state index in [1.165, 1.54) is 11.8 Å². The van der Waals surface area contributed by atoms with Crippen LogP contribution in [-0.4, -0.2) is 34.1 Å². The summed E-state index contributed by atoms with van der Waals surface area (Å²) in [5.41, 5.74) is 13.7. The number of benzene rings is 2. The molecule has 2 aromatic heterocycles. The molecular weight excluding hydrogens is 414 g/mol. The molecule has 4 rings (SSSR count). The van der Waals surface area contributed by atoms with Gasteiger partial charge in [-0.25, -0.2) is 4.98 Å². The normalized spacial score (nSPS) is 11.1. The monoisotopic (exact) mass is 443 g/mol. The van der Waals surface area contributed by atoms with Crippen molar-refractivity contribution in [1.29, 1.82) is 0 Å². The minimum atomic E-state index is -0.538. The fraction of sp³-hybridized carbons (Fsp3) is 0.231. The van der Waals surface area contributed by atoms with Gasteiger partial charge in [-0.2, -0.15) is 0 Å². The standard InChI is InChI=1S/C26H29N5O2/c1-3-19-18(14-28-11-12-32)5-4-6-22(19)30-24-20-13-23(17-9-7-16(2)8-10-17)31-26(20)29-15-21(24)25(27)33/h4-10,13,15,28,32H,3,11-12,14H2,1-2H3,(H2,27,33)(H2,29,30,31). The van der Waals surface area contributed by atoms with Crippen molar-refractivity contribution < 1.29 is 9.90 Å². The molecule has 33 heavy (non-hydrogen) atoms. The van der Waals surface area contributed by atoms with Crippen molar-refractivity contribution in [3.05, 3.63) is 77.0 Å². The number of aromatic amines is 1. The molecule has 0 aliphatic carbocycles. The van der Waals surface area contributed by atoms with E-state index in [0.29, 0.717) is 30.0 Å². The molecule has 7 nitrogen and oxygen atoms in total. The molecule has 1 amide bonds. The number of carbonyl (C=O) groups is 1. The van der Waals surface area contributed by atoms with Gasteiger partial charge in [0.2, 0.25) is 0 Å². The Bertz CT molecular complexity index is 1280. The number of primary amides is 1. The van der Waals surface area contributed by atoms with Gasteiger partial charge in [0.25, 0.3) is 5.91 Å². The molecule has 0 fully saturated rings. The number of nitrogens with zero attached hydrogens (tertiary/aromatic N) is 1. The molecular formula is C26H29N5O2. The molecule has 7 heteroatoms. The Morgan fingerprint density at radius 2 is 1.97 bits per heavy atom. The first-order chi connectivity index (χ1) is 16.0. The molecule has 0 unspecified atom stereocenters. The lowest BCUT2D eigenvalue weighted by Crippen LogP contribution is -2.19. The van der Waals surface area contributed by atoms with Crippen LogP contribution in [0.1, 0.15) is 34.0 Å². The number of pyridine rings is 1. The van der Waals surface area contributed by atoms with Gasteiger partial charge in [-0.05, 0) is 42.2 Å². The van der Waals surface area contributed by atoms with Crippen molar-refractivity contribution in [2.24, 2.45) is 5.73 Å². The van der Waals surface area contributed by atoms with E-state index in [4.69, 9.17) is 10.8 Å². The number of hydrogen-bond acceptors (Lipinski definition) is 5. The Morgan fingerprint density at radius 1 is 1.18 bits per heavy atom. The van der Waals surface area contributed by atoms with Crippen LogP contribution in [0.25, 0.3) is 22.3 Å². The number of aliphatic hydroxyl groups excluding tert-OH is 1. The molecule has 0 saturated carbocycles. The number of rotatable bonds is 9. The first-order valence-corrected chi connectivity index (χ1v) is 11.1. The minimum absolute atomic E-state index is 0.0905. The first kappa shape index (κ1) is 22.5. The molecule has 0 aliphatic rings. The summed E-state index contributed by atoms with van der Waals surface area (Å²) in [6.07, 6.45) is 2.32. The highest BCUT2D eigenvalue weighted by atomic mass is 16.3. The summed E-state index contributed by atoms with van der Waals surface area (Å²) in [5.74, 6) is -0.538. The molecule has 2 aromatic carbocycles. The SMILES string of the molecule is CCc1c(CNCCO)cccc1Nc1c(C(N)=O)cnc2[nH]c(-c3ccc(C)cc3)cc12. The molecule has 0 radical (unpaired) electrons. The second-order valence-corrected chi connectivity index (χ2v) is 8.04. The van der Waals surface area contributed by atoms with E-state index in [-0.39, 0.29) is 6.61 Å². The lowest BCUT2D eigenvalue weighted by Gasteiger charge is -2.17. The van der Waals surface area contributed by atoms with Crippen LogP contribution in [0.4, 0.5) is 11.4 Å². The number of aryl methyl sites for hydroxylation is 1. The quantitative estimate of drug-likeness (QED) is 0.251. The molecule has 0 atom stereocenters. The van der Waals surface area contributed by atoms with Crippen molar-refractivity contribution in [2.45, 2.75) is 26.8 Å². The summed E-state index contributed by atoms with van der Waals surface area (Å²) in [4.78, 5) is 20.1. The Kier molecular flexibility index (Phi) is 6.72. The van der Waals surface area contributed by atoms with E-state index in [1.54, 1.807) is 0 Å². The van der Waals surface area contributed by atoms with Gasteiger partial charge >= 0.3 is 0 Å². The maximum atomic E-state index is 12.3. The zero-order valence-electron chi connectivity index (χ0n) is 18.9. The van der Waals surface area contributed by atoms with E-state index in [0.717, 1.165) is 39.9 Å². The maximum Gasteiger partial charge on any atom is 0.252 e. The van der Waals surface area contributed by atoms with E-state index >= 15 is 0 Å². The summed E-state index contributed by atoms with van der Waals surface area (Å²) in [7, 11) is 0. The molecule has 4 aromatic rings. The van der Waals surface area contributed by atoms with Crippen molar-refractivity contribution in [3.63, 3.8) is 0 Å². The Hall–Kier alpha value is -3.68. The summed E-state index contributed by atoms with van der Waals surface area (Å²) in [6.45, 7) is 5.42. The van der Waals surface area contributed by atoms with Gasteiger partial charge in [0.1, 0.15) is 5.65 Å². The smallest absolute Gasteiger partial charge is 0.252 e. The van der Waals surface area contributed by atoms with Crippen molar-refractivity contribution in [3.8, 4) is 11.3 Å².